The van der Waals surface area contributed by atoms with Gasteiger partial charge in [0, 0.05) is 35.5 Å². The van der Waals surface area contributed by atoms with Gasteiger partial charge >= 0.3 is 0 Å². The van der Waals surface area contributed by atoms with Crippen molar-refractivity contribution in [3.05, 3.63) is 83.4 Å². The minimum atomic E-state index is -0.322. The molecule has 1 aliphatic heterocycles. The summed E-state index contributed by atoms with van der Waals surface area (Å²) in [4.78, 5) is 15.0. The van der Waals surface area contributed by atoms with Crippen LogP contribution < -0.4 is 19.5 Å². The van der Waals surface area contributed by atoms with Gasteiger partial charge < -0.3 is 24.4 Å². The Labute approximate surface area is 176 Å². The van der Waals surface area contributed by atoms with E-state index in [1.165, 1.54) is 0 Å². The minimum absolute atomic E-state index is 0.000560. The second kappa shape index (κ2) is 8.37. The van der Waals surface area contributed by atoms with E-state index in [1.54, 1.807) is 21.3 Å². The molecule has 3 aromatic rings. The summed E-state index contributed by atoms with van der Waals surface area (Å²) in [6.45, 7) is 0.496. The van der Waals surface area contributed by atoms with E-state index in [1.807, 2.05) is 71.6 Å². The molecule has 1 aliphatic rings. The number of hydrogen-bond donors (Lipinski definition) is 1. The summed E-state index contributed by atoms with van der Waals surface area (Å²) in [5, 5.41) is 3.49. The van der Waals surface area contributed by atoms with Crippen LogP contribution in [0.1, 0.15) is 27.7 Å². The summed E-state index contributed by atoms with van der Waals surface area (Å²) < 4.78 is 16.4. The highest BCUT2D eigenvalue weighted by molar-refractivity contribution is 5.99. The molecule has 0 unspecified atom stereocenters. The van der Waals surface area contributed by atoms with E-state index < -0.39 is 0 Å². The number of methoxy groups -OCH3 is 3. The SMILES string of the molecule is COc1cc(N[C@H]2c3ccccc3C(=O)N2Cc2ccccc2)cc(OC)c1OC. The van der Waals surface area contributed by atoms with Gasteiger partial charge in [0.1, 0.15) is 6.17 Å². The summed E-state index contributed by atoms with van der Waals surface area (Å²) in [6.07, 6.45) is -0.322. The van der Waals surface area contributed by atoms with Crippen LogP contribution in [-0.2, 0) is 6.54 Å². The lowest BCUT2D eigenvalue weighted by atomic mass is 10.1. The molecule has 0 saturated carbocycles. The smallest absolute Gasteiger partial charge is 0.256 e. The van der Waals surface area contributed by atoms with Gasteiger partial charge in [-0.1, -0.05) is 48.5 Å². The monoisotopic (exact) mass is 404 g/mol. The van der Waals surface area contributed by atoms with Crippen LogP contribution in [0.25, 0.3) is 0 Å². The van der Waals surface area contributed by atoms with Crippen molar-refractivity contribution < 1.29 is 19.0 Å². The van der Waals surface area contributed by atoms with Crippen molar-refractivity contribution in [3.8, 4) is 17.2 Å². The molecule has 0 radical (unpaired) electrons. The fraction of sp³-hybridized carbons (Fsp3) is 0.208. The van der Waals surface area contributed by atoms with Crippen LogP contribution in [0, 0.1) is 0 Å². The highest BCUT2D eigenvalue weighted by Gasteiger charge is 2.36. The number of nitrogens with one attached hydrogen (secondary N) is 1. The van der Waals surface area contributed by atoms with Gasteiger partial charge in [0.25, 0.3) is 5.91 Å². The Morgan fingerprint density at radius 3 is 2.13 bits per heavy atom. The normalized spacial score (nSPS) is 15.0. The maximum absolute atomic E-state index is 13.2. The van der Waals surface area contributed by atoms with Crippen molar-refractivity contribution >= 4 is 11.6 Å². The molecule has 30 heavy (non-hydrogen) atoms. The molecule has 6 nitrogen and oxygen atoms in total. The van der Waals surface area contributed by atoms with Crippen molar-refractivity contribution in [1.29, 1.82) is 0 Å². The van der Waals surface area contributed by atoms with Crippen molar-refractivity contribution in [2.24, 2.45) is 0 Å². The number of anilines is 1. The average Bonchev–Trinajstić information content (AvgIpc) is 3.05. The molecular weight excluding hydrogens is 380 g/mol. The number of rotatable bonds is 7. The third kappa shape index (κ3) is 3.52. The fourth-order valence-corrected chi connectivity index (χ4v) is 3.79. The van der Waals surface area contributed by atoms with E-state index in [-0.39, 0.29) is 12.1 Å². The van der Waals surface area contributed by atoms with E-state index in [0.717, 1.165) is 16.8 Å². The van der Waals surface area contributed by atoms with E-state index in [2.05, 4.69) is 5.32 Å². The van der Waals surface area contributed by atoms with Crippen molar-refractivity contribution in [1.82, 2.24) is 4.90 Å². The Balaban J connectivity index is 1.72. The van der Waals surface area contributed by atoms with E-state index in [9.17, 15) is 4.79 Å². The van der Waals surface area contributed by atoms with Crippen molar-refractivity contribution in [2.45, 2.75) is 12.7 Å². The van der Waals surface area contributed by atoms with E-state index in [0.29, 0.717) is 29.4 Å². The van der Waals surface area contributed by atoms with E-state index in [4.69, 9.17) is 14.2 Å². The van der Waals surface area contributed by atoms with Gasteiger partial charge in [-0.15, -0.1) is 0 Å². The van der Waals surface area contributed by atoms with Crippen LogP contribution in [0.4, 0.5) is 5.69 Å². The number of ether oxygens (including phenoxy) is 3. The molecule has 6 heteroatoms. The summed E-state index contributed by atoms with van der Waals surface area (Å²) in [5.74, 6) is 1.62. The number of carbonyl (C=O) groups is 1. The van der Waals surface area contributed by atoms with Crippen LogP contribution in [-0.4, -0.2) is 32.1 Å². The molecule has 0 spiro atoms. The van der Waals surface area contributed by atoms with Gasteiger partial charge in [-0.2, -0.15) is 0 Å². The zero-order valence-corrected chi connectivity index (χ0v) is 17.2. The predicted molar refractivity (Wildman–Crippen MR) is 115 cm³/mol. The Morgan fingerprint density at radius 2 is 1.50 bits per heavy atom. The van der Waals surface area contributed by atoms with Crippen molar-refractivity contribution in [3.63, 3.8) is 0 Å². The largest absolute Gasteiger partial charge is 0.493 e. The zero-order chi connectivity index (χ0) is 21.1. The van der Waals surface area contributed by atoms with Gasteiger partial charge in [-0.25, -0.2) is 0 Å². The molecule has 4 rings (SSSR count). The predicted octanol–water partition coefficient (Wildman–Crippen LogP) is 4.48. The number of hydrogen-bond acceptors (Lipinski definition) is 5. The third-order valence-corrected chi connectivity index (χ3v) is 5.22. The average molecular weight is 404 g/mol. The first-order valence-corrected chi connectivity index (χ1v) is 9.66. The summed E-state index contributed by atoms with van der Waals surface area (Å²) in [5.41, 5.74) is 3.47. The standard InChI is InChI=1S/C24H24N2O4/c1-28-20-13-17(14-21(29-2)22(20)30-3)25-23-18-11-7-8-12-19(18)24(27)26(23)15-16-9-5-4-6-10-16/h4-14,23,25H,15H2,1-3H3/t23-/m1/s1. The van der Waals surface area contributed by atoms with Gasteiger partial charge in [-0.05, 0) is 11.6 Å². The molecule has 1 N–H and O–H groups in total. The molecule has 0 fully saturated rings. The molecule has 0 saturated heterocycles. The van der Waals surface area contributed by atoms with Gasteiger partial charge in [0.2, 0.25) is 5.75 Å². The second-order valence-corrected chi connectivity index (χ2v) is 6.97. The molecule has 3 aromatic carbocycles. The highest BCUT2D eigenvalue weighted by Crippen LogP contribution is 2.42. The first-order valence-electron chi connectivity index (χ1n) is 9.66. The maximum Gasteiger partial charge on any atom is 0.256 e. The first-order chi connectivity index (χ1) is 14.7. The second-order valence-electron chi connectivity index (χ2n) is 6.97. The Kier molecular flexibility index (Phi) is 5.48. The highest BCUT2D eigenvalue weighted by atomic mass is 16.5. The van der Waals surface area contributed by atoms with Crippen LogP contribution in [0.5, 0.6) is 17.2 Å². The summed E-state index contributed by atoms with van der Waals surface area (Å²) in [7, 11) is 4.73. The first kappa shape index (κ1) is 19.6. The maximum atomic E-state index is 13.2. The lowest BCUT2D eigenvalue weighted by molar-refractivity contribution is 0.0729. The van der Waals surface area contributed by atoms with Crippen LogP contribution in [0.3, 0.4) is 0 Å². The topological polar surface area (TPSA) is 60.0 Å². The third-order valence-electron chi connectivity index (χ3n) is 5.22. The molecule has 0 aliphatic carbocycles. The molecule has 154 valence electrons. The molecule has 0 aromatic heterocycles. The number of fused-ring (bicyclic) bond motifs is 1. The molecular formula is C24H24N2O4. The van der Waals surface area contributed by atoms with Crippen LogP contribution in [0.15, 0.2) is 66.7 Å². The lowest BCUT2D eigenvalue weighted by Gasteiger charge is -2.28. The Hall–Kier alpha value is -3.67. The number of benzene rings is 3. The Bertz CT molecular complexity index is 1030. The molecule has 1 amide bonds. The number of carbonyl (C=O) groups excluding carboxylic acids is 1. The van der Waals surface area contributed by atoms with Crippen LogP contribution in [0.2, 0.25) is 0 Å². The van der Waals surface area contributed by atoms with E-state index >= 15 is 0 Å². The number of nitrogens with zero attached hydrogens (tertiary/aromatic N) is 1. The minimum Gasteiger partial charge on any atom is -0.493 e. The summed E-state index contributed by atoms with van der Waals surface area (Å²) in [6, 6.07) is 21.3. The van der Waals surface area contributed by atoms with Crippen LogP contribution >= 0.6 is 0 Å². The quantitative estimate of drug-likeness (QED) is 0.629. The molecule has 1 heterocycles. The fourth-order valence-electron chi connectivity index (χ4n) is 3.79. The zero-order valence-electron chi connectivity index (χ0n) is 17.2. The van der Waals surface area contributed by atoms with Gasteiger partial charge in [-0.3, -0.25) is 4.79 Å². The Morgan fingerprint density at radius 1 is 0.867 bits per heavy atom. The summed E-state index contributed by atoms with van der Waals surface area (Å²) >= 11 is 0. The lowest BCUT2D eigenvalue weighted by Crippen LogP contribution is -2.31. The molecule has 1 atom stereocenters. The van der Waals surface area contributed by atoms with Gasteiger partial charge in [0.15, 0.2) is 11.5 Å². The molecule has 0 bridgehead atoms. The van der Waals surface area contributed by atoms with Gasteiger partial charge in [0.05, 0.1) is 21.3 Å². The van der Waals surface area contributed by atoms with Crippen molar-refractivity contribution in [2.75, 3.05) is 26.6 Å². The number of amides is 1.